The fourth-order valence-corrected chi connectivity index (χ4v) is 0.900. The molecule has 16 N–H and O–H groups in total. The Kier molecular flexibility index (Phi) is 115. The van der Waals surface area contributed by atoms with Crippen LogP contribution in [0, 0.1) is 0 Å². The molecule has 36 heavy (non-hydrogen) atoms. The molecule has 2 rings (SSSR count). The number of nitrogens with two attached hydrogens (primary N) is 2. The third-order valence-corrected chi connectivity index (χ3v) is 2.36. The molecule has 18 heteroatoms. The van der Waals surface area contributed by atoms with Gasteiger partial charge in [-0.25, -0.2) is 0 Å². The van der Waals surface area contributed by atoms with E-state index in [1.54, 1.807) is 24.3 Å². The molecular weight excluding hydrogens is 652 g/mol. The summed E-state index contributed by atoms with van der Waals surface area (Å²) in [5, 5.41) is 41.2. The van der Waals surface area contributed by atoms with E-state index < -0.39 is 23.0 Å². The minimum Gasteiger partial charge on any atom is -2.00 e. The molecule has 222 valence electrons. The van der Waals surface area contributed by atoms with Crippen molar-refractivity contribution in [1.82, 2.24) is 0 Å². The Hall–Kier alpha value is -1.46. The second kappa shape index (κ2) is 59.0. The summed E-state index contributed by atoms with van der Waals surface area (Å²) in [6.07, 6.45) is 0. The second-order valence-electron chi connectivity index (χ2n) is 4.89. The molecular formula is C18H36Mo2N6O10-12. The van der Waals surface area contributed by atoms with Gasteiger partial charge in [-0.05, 0) is 0 Å². The fraction of sp³-hybridized carbons (Fsp3) is 0.333. The van der Waals surface area contributed by atoms with Gasteiger partial charge in [0, 0.05) is 55.2 Å². The summed E-state index contributed by atoms with van der Waals surface area (Å²) in [6.45, 7) is 5.03. The molecule has 0 aliphatic heterocycles. The third kappa shape index (κ3) is 58.4. The van der Waals surface area contributed by atoms with Crippen LogP contribution in [0.5, 0.6) is 23.0 Å². The number of benzene rings is 2. The monoisotopic (exact) mass is 692 g/mol. The van der Waals surface area contributed by atoms with Gasteiger partial charge in [0.05, 0.1) is 13.1 Å². The van der Waals surface area contributed by atoms with Gasteiger partial charge in [-0.15, -0.1) is 23.0 Å². The largest absolute Gasteiger partial charge is 2.00 e. The van der Waals surface area contributed by atoms with Crippen molar-refractivity contribution in [3.8, 4) is 23.0 Å². The van der Waals surface area contributed by atoms with Crippen molar-refractivity contribution in [2.75, 3.05) is 39.3 Å². The quantitative estimate of drug-likeness (QED) is 0.170. The van der Waals surface area contributed by atoms with Gasteiger partial charge < -0.3 is 87.7 Å². The van der Waals surface area contributed by atoms with E-state index in [-0.39, 0.29) is 75.0 Å². The first-order valence-electron chi connectivity index (χ1n) is 8.79. The molecule has 0 aliphatic rings. The van der Waals surface area contributed by atoms with Crippen molar-refractivity contribution in [1.29, 1.82) is 0 Å². The van der Waals surface area contributed by atoms with Crippen molar-refractivity contribution in [2.45, 2.75) is 0 Å². The summed E-state index contributed by atoms with van der Waals surface area (Å²) in [7, 11) is 0. The van der Waals surface area contributed by atoms with Gasteiger partial charge in [-0.2, -0.15) is 0 Å². The molecule has 0 radical (unpaired) electrons. The van der Waals surface area contributed by atoms with E-state index in [2.05, 4.69) is 22.9 Å². The predicted octanol–water partition coefficient (Wildman–Crippen LogP) is -7.21. The molecule has 0 aliphatic carbocycles. The molecule has 0 spiro atoms. The summed E-state index contributed by atoms with van der Waals surface area (Å²) in [5.41, 5.74) is 24.0. The average Bonchev–Trinajstić information content (AvgIpc) is 2.73. The minimum absolute atomic E-state index is 0. The smallest absolute Gasteiger partial charge is 0.124 e. The minimum atomic E-state index is -0.437. The van der Waals surface area contributed by atoms with Crippen LogP contribution in [-0.4, -0.2) is 39.3 Å². The van der Waals surface area contributed by atoms with Crippen molar-refractivity contribution < 1.29 is 118 Å². The van der Waals surface area contributed by atoms with E-state index in [0.717, 1.165) is 26.2 Å². The molecule has 0 amide bonds. The van der Waals surface area contributed by atoms with Crippen molar-refractivity contribution >= 4 is 0 Å². The molecule has 2 aromatic rings. The summed E-state index contributed by atoms with van der Waals surface area (Å²) >= 11 is 0. The van der Waals surface area contributed by atoms with E-state index >= 15 is 0 Å². The number of quaternary nitrogens is 4. The molecule has 2 aromatic carbocycles. The molecule has 0 unspecified atom stereocenters. The van der Waals surface area contributed by atoms with E-state index in [0.29, 0.717) is 13.1 Å². The van der Waals surface area contributed by atoms with Crippen LogP contribution in [0.4, 0.5) is 0 Å². The first kappa shape index (κ1) is 70.1. The van der Waals surface area contributed by atoms with Gasteiger partial charge in [-0.1, -0.05) is 48.5 Å². The van der Waals surface area contributed by atoms with Crippen molar-refractivity contribution in [2.24, 2.45) is 11.5 Å². The van der Waals surface area contributed by atoms with E-state index in [4.69, 9.17) is 11.5 Å². The third-order valence-electron chi connectivity index (χ3n) is 2.36. The fourth-order valence-electron chi connectivity index (χ4n) is 0.900. The maximum Gasteiger partial charge on any atom is 0.124 e. The maximum absolute atomic E-state index is 10.3. The molecule has 0 saturated carbocycles. The first-order chi connectivity index (χ1) is 13.4. The molecule has 0 aromatic heterocycles. The topological polar surface area (TPSA) is 426 Å². The summed E-state index contributed by atoms with van der Waals surface area (Å²) in [4.78, 5) is 0. The molecule has 16 nitrogen and oxygen atoms in total. The van der Waals surface area contributed by atoms with Crippen LogP contribution in [0.15, 0.2) is 48.5 Å². The van der Waals surface area contributed by atoms with Gasteiger partial charge in [0.1, 0.15) is 13.1 Å². The molecule has 0 saturated heterocycles. The van der Waals surface area contributed by atoms with Crippen LogP contribution in [-0.2, 0) is 75.0 Å². The van der Waals surface area contributed by atoms with E-state index in [9.17, 15) is 20.4 Å². The zero-order valence-corrected chi connectivity index (χ0v) is 23.8. The maximum atomic E-state index is 10.3. The number of hydrogen-bond acceptors (Lipinski definition) is 6. The van der Waals surface area contributed by atoms with Gasteiger partial charge >= 0.3 is 0 Å². The molecule has 0 atom stereocenters. The van der Waals surface area contributed by atoms with Crippen LogP contribution in [0.3, 0.4) is 0 Å². The van der Waals surface area contributed by atoms with Gasteiger partial charge in [0.25, 0.3) is 0 Å². The Balaban J connectivity index is -0.0000000237. The number of para-hydroxylation sites is 4. The molecule has 0 fully saturated rings. The SMILES string of the molecule is NCC[NH3+].NCC[NH3+].[Mo].[Mo].[NH3+]CC[NH3+].[O-2].[O-2].[O-2].[O-2].[O-2].[O-2].[O-]c1ccccc1[O-].[O-]c1ccccc1[O-]. The van der Waals surface area contributed by atoms with Crippen molar-refractivity contribution in [3.05, 3.63) is 48.5 Å². The van der Waals surface area contributed by atoms with Crippen LogP contribution >= 0.6 is 0 Å². The van der Waals surface area contributed by atoms with Gasteiger partial charge in [0.15, 0.2) is 0 Å². The summed E-state index contributed by atoms with van der Waals surface area (Å²) < 4.78 is 0. The molecule has 0 heterocycles. The summed E-state index contributed by atoms with van der Waals surface area (Å²) in [6, 6.07) is 11.2. The van der Waals surface area contributed by atoms with Gasteiger partial charge in [0.2, 0.25) is 0 Å². The van der Waals surface area contributed by atoms with Gasteiger partial charge in [-0.3, -0.25) is 0 Å². The Morgan fingerprint density at radius 3 is 0.639 bits per heavy atom. The van der Waals surface area contributed by atoms with Crippen LogP contribution in [0.1, 0.15) is 0 Å². The van der Waals surface area contributed by atoms with E-state index in [1.165, 1.54) is 24.3 Å². The summed E-state index contributed by atoms with van der Waals surface area (Å²) in [5.74, 6) is -1.75. The second-order valence-corrected chi connectivity index (χ2v) is 4.89. The predicted molar refractivity (Wildman–Crippen MR) is 104 cm³/mol. The van der Waals surface area contributed by atoms with Crippen LogP contribution in [0.2, 0.25) is 0 Å². The number of rotatable bonds is 3. The van der Waals surface area contributed by atoms with E-state index in [1.807, 2.05) is 0 Å². The van der Waals surface area contributed by atoms with Crippen LogP contribution in [0.25, 0.3) is 0 Å². The molecule has 0 bridgehead atoms. The average molecular weight is 688 g/mol. The Labute approximate surface area is 240 Å². The van der Waals surface area contributed by atoms with Crippen molar-refractivity contribution in [3.63, 3.8) is 0 Å². The Morgan fingerprint density at radius 1 is 0.444 bits per heavy atom. The number of hydrogen-bond donors (Lipinski definition) is 6. The van der Waals surface area contributed by atoms with Crippen LogP contribution < -0.4 is 54.8 Å². The zero-order chi connectivity index (χ0) is 22.2. The first-order valence-corrected chi connectivity index (χ1v) is 8.79. The zero-order valence-electron chi connectivity index (χ0n) is 19.7. The Bertz CT molecular complexity index is 484. The normalized spacial score (nSPS) is 6.50. The standard InChI is InChI=1S/2C6H6O2.3C2H8N2.2Mo.6O/c2*7-5-3-1-2-4-6(5)8;3*3-1-2-4;;;;;;;;/h2*1-4,7-8H;3*1-4H2;;;;;;;;/q;;;;;;;6*-2. The Morgan fingerprint density at radius 2 is 0.583 bits per heavy atom.